The number of allylic oxidation sites excluding steroid dienone is 2. The van der Waals surface area contributed by atoms with E-state index in [1.807, 2.05) is 44.2 Å². The zero-order valence-electron chi connectivity index (χ0n) is 21.9. The van der Waals surface area contributed by atoms with E-state index in [0.717, 1.165) is 33.8 Å². The molecule has 6 heteroatoms. The number of hydrogen-bond donors (Lipinski definition) is 1. The van der Waals surface area contributed by atoms with Crippen LogP contribution in [-0.4, -0.2) is 31.4 Å². The Morgan fingerprint density at radius 2 is 1.66 bits per heavy atom. The van der Waals surface area contributed by atoms with Crippen molar-refractivity contribution in [2.75, 3.05) is 14.2 Å². The van der Waals surface area contributed by atoms with Gasteiger partial charge >= 0.3 is 5.97 Å². The SMILES string of the molecule is COc1ccc(C(O)OC2C=CC(C#Cc3ccc(OC(=O)c4ccc(OC)c(C)c4)c(C)c3)=CC2)cc1. The molecule has 2 unspecified atom stereocenters. The molecule has 0 fully saturated rings. The molecule has 0 spiro atoms. The molecule has 1 N–H and O–H groups in total. The van der Waals surface area contributed by atoms with E-state index in [9.17, 15) is 9.90 Å². The fraction of sp³-hybridized carbons (Fsp3) is 0.219. The molecule has 0 saturated heterocycles. The van der Waals surface area contributed by atoms with Gasteiger partial charge in [-0.05, 0) is 86.0 Å². The largest absolute Gasteiger partial charge is 0.497 e. The molecule has 0 saturated carbocycles. The average molecular weight is 511 g/mol. The third-order valence-electron chi connectivity index (χ3n) is 6.12. The average Bonchev–Trinajstić information content (AvgIpc) is 2.94. The highest BCUT2D eigenvalue weighted by Crippen LogP contribution is 2.25. The van der Waals surface area contributed by atoms with Crippen LogP contribution in [0, 0.1) is 25.7 Å². The highest BCUT2D eigenvalue weighted by molar-refractivity contribution is 5.91. The van der Waals surface area contributed by atoms with Crippen LogP contribution in [0.5, 0.6) is 17.2 Å². The van der Waals surface area contributed by atoms with E-state index in [-0.39, 0.29) is 6.10 Å². The number of aliphatic hydroxyl groups excluding tert-OH is 1. The molecule has 3 aromatic rings. The van der Waals surface area contributed by atoms with Crippen molar-refractivity contribution in [3.63, 3.8) is 0 Å². The number of carbonyl (C=O) groups excluding carboxylic acids is 1. The maximum absolute atomic E-state index is 12.6. The van der Waals surface area contributed by atoms with Crippen LogP contribution in [0.4, 0.5) is 0 Å². The first kappa shape index (κ1) is 26.7. The van der Waals surface area contributed by atoms with Gasteiger partial charge in [-0.2, -0.15) is 0 Å². The molecule has 0 amide bonds. The summed E-state index contributed by atoms with van der Waals surface area (Å²) in [4.78, 5) is 12.6. The van der Waals surface area contributed by atoms with E-state index in [2.05, 4.69) is 11.8 Å². The van der Waals surface area contributed by atoms with Gasteiger partial charge in [0.25, 0.3) is 0 Å². The second kappa shape index (κ2) is 12.3. The molecular weight excluding hydrogens is 480 g/mol. The van der Waals surface area contributed by atoms with E-state index >= 15 is 0 Å². The molecule has 0 aromatic heterocycles. The summed E-state index contributed by atoms with van der Waals surface area (Å²) >= 11 is 0. The zero-order chi connectivity index (χ0) is 27.1. The summed E-state index contributed by atoms with van der Waals surface area (Å²) < 4.78 is 21.8. The molecule has 6 nitrogen and oxygen atoms in total. The molecule has 3 aromatic carbocycles. The number of methoxy groups -OCH3 is 2. The van der Waals surface area contributed by atoms with Crippen LogP contribution in [0.1, 0.15) is 45.3 Å². The second-order valence-electron chi connectivity index (χ2n) is 8.86. The van der Waals surface area contributed by atoms with Crippen LogP contribution in [0.15, 0.2) is 84.5 Å². The number of aliphatic hydroxyl groups is 1. The third-order valence-corrected chi connectivity index (χ3v) is 6.12. The van der Waals surface area contributed by atoms with Crippen molar-refractivity contribution in [2.24, 2.45) is 0 Å². The van der Waals surface area contributed by atoms with Gasteiger partial charge in [0, 0.05) is 16.7 Å². The lowest BCUT2D eigenvalue weighted by molar-refractivity contribution is -0.125. The van der Waals surface area contributed by atoms with E-state index in [1.54, 1.807) is 62.8 Å². The highest BCUT2D eigenvalue weighted by Gasteiger charge is 2.16. The van der Waals surface area contributed by atoms with Gasteiger partial charge in [-0.1, -0.05) is 36.1 Å². The third kappa shape index (κ3) is 6.71. The summed E-state index contributed by atoms with van der Waals surface area (Å²) in [6.07, 6.45) is 5.10. The Morgan fingerprint density at radius 3 is 2.29 bits per heavy atom. The van der Waals surface area contributed by atoms with Gasteiger partial charge in [-0.15, -0.1) is 0 Å². The number of rotatable bonds is 7. The van der Waals surface area contributed by atoms with Gasteiger partial charge in [0.05, 0.1) is 25.9 Å². The Balaban J connectivity index is 1.33. The van der Waals surface area contributed by atoms with Crippen LogP contribution in [0.3, 0.4) is 0 Å². The Bertz CT molecular complexity index is 1420. The maximum Gasteiger partial charge on any atom is 0.343 e. The molecule has 0 aliphatic heterocycles. The lowest BCUT2D eigenvalue weighted by Gasteiger charge is -2.20. The first-order valence-electron chi connectivity index (χ1n) is 12.2. The minimum absolute atomic E-state index is 0.247. The molecule has 2 atom stereocenters. The van der Waals surface area contributed by atoms with Crippen molar-refractivity contribution in [1.82, 2.24) is 0 Å². The van der Waals surface area contributed by atoms with Crippen molar-refractivity contribution < 1.29 is 28.8 Å². The number of ether oxygens (including phenoxy) is 4. The summed E-state index contributed by atoms with van der Waals surface area (Å²) in [5.74, 6) is 7.82. The van der Waals surface area contributed by atoms with Crippen LogP contribution in [0.2, 0.25) is 0 Å². The first-order chi connectivity index (χ1) is 18.4. The normalized spacial score (nSPS) is 15.1. The topological polar surface area (TPSA) is 74.2 Å². The Morgan fingerprint density at radius 1 is 0.921 bits per heavy atom. The molecule has 194 valence electrons. The minimum Gasteiger partial charge on any atom is -0.497 e. The molecule has 1 aliphatic rings. The first-order valence-corrected chi connectivity index (χ1v) is 12.2. The van der Waals surface area contributed by atoms with E-state index in [4.69, 9.17) is 18.9 Å². The van der Waals surface area contributed by atoms with Crippen molar-refractivity contribution in [1.29, 1.82) is 0 Å². The van der Waals surface area contributed by atoms with Crippen LogP contribution in [0.25, 0.3) is 0 Å². The molecule has 4 rings (SSSR count). The summed E-state index contributed by atoms with van der Waals surface area (Å²) in [5, 5.41) is 10.4. The number of hydrogen-bond acceptors (Lipinski definition) is 6. The molecule has 0 radical (unpaired) electrons. The predicted molar refractivity (Wildman–Crippen MR) is 145 cm³/mol. The summed E-state index contributed by atoms with van der Waals surface area (Å²) in [5.41, 5.74) is 4.47. The van der Waals surface area contributed by atoms with Crippen molar-refractivity contribution >= 4 is 5.97 Å². The van der Waals surface area contributed by atoms with Crippen molar-refractivity contribution in [3.05, 3.63) is 112 Å². The smallest absolute Gasteiger partial charge is 0.343 e. The summed E-state index contributed by atoms with van der Waals surface area (Å²) in [6, 6.07) is 17.8. The standard InChI is InChI=1S/C32H30O6/c1-21-19-24(9-17-30(21)38-32(34)26-12-18-29(36-4)22(2)20-26)6-5-23-7-13-28(14-8-23)37-31(33)25-10-15-27(35-3)16-11-25/h7-13,15-20,28,31,33H,14H2,1-4H3. The van der Waals surface area contributed by atoms with Gasteiger partial charge in [0.1, 0.15) is 17.2 Å². The fourth-order valence-electron chi connectivity index (χ4n) is 3.96. The van der Waals surface area contributed by atoms with Crippen molar-refractivity contribution in [2.45, 2.75) is 32.7 Å². The minimum atomic E-state index is -1.03. The Hall–Kier alpha value is -4.31. The lowest BCUT2D eigenvalue weighted by atomic mass is 10.0. The van der Waals surface area contributed by atoms with Gasteiger partial charge < -0.3 is 24.1 Å². The molecule has 0 heterocycles. The number of benzene rings is 3. The Kier molecular flexibility index (Phi) is 8.65. The number of aryl methyl sites for hydroxylation is 2. The molecular formula is C32H30O6. The van der Waals surface area contributed by atoms with E-state index < -0.39 is 12.3 Å². The monoisotopic (exact) mass is 510 g/mol. The number of esters is 1. The fourth-order valence-corrected chi connectivity index (χ4v) is 3.96. The lowest BCUT2D eigenvalue weighted by Crippen LogP contribution is -2.15. The van der Waals surface area contributed by atoms with Crippen LogP contribution in [-0.2, 0) is 4.74 Å². The van der Waals surface area contributed by atoms with Gasteiger partial charge in [0.15, 0.2) is 6.29 Å². The molecule has 0 bridgehead atoms. The van der Waals surface area contributed by atoms with E-state index in [1.165, 1.54) is 0 Å². The van der Waals surface area contributed by atoms with Gasteiger partial charge in [0.2, 0.25) is 0 Å². The summed E-state index contributed by atoms with van der Waals surface area (Å²) in [7, 11) is 3.19. The van der Waals surface area contributed by atoms with E-state index in [0.29, 0.717) is 23.3 Å². The quantitative estimate of drug-likeness (QED) is 0.186. The van der Waals surface area contributed by atoms with Crippen molar-refractivity contribution in [3.8, 4) is 29.1 Å². The van der Waals surface area contributed by atoms with Crippen LogP contribution < -0.4 is 14.2 Å². The van der Waals surface area contributed by atoms with Gasteiger partial charge in [-0.3, -0.25) is 0 Å². The second-order valence-corrected chi connectivity index (χ2v) is 8.86. The molecule has 1 aliphatic carbocycles. The molecule has 38 heavy (non-hydrogen) atoms. The number of carbonyl (C=O) groups is 1. The highest BCUT2D eigenvalue weighted by atomic mass is 16.6. The van der Waals surface area contributed by atoms with Gasteiger partial charge in [-0.25, -0.2) is 4.79 Å². The maximum atomic E-state index is 12.6. The summed E-state index contributed by atoms with van der Waals surface area (Å²) in [6.45, 7) is 3.76. The Labute approximate surface area is 223 Å². The zero-order valence-corrected chi connectivity index (χ0v) is 21.9. The predicted octanol–water partition coefficient (Wildman–Crippen LogP) is 5.85. The van der Waals surface area contributed by atoms with Crippen LogP contribution >= 0.6 is 0 Å².